The van der Waals surface area contributed by atoms with Crippen molar-refractivity contribution in [1.82, 2.24) is 4.90 Å². The smallest absolute Gasteiger partial charge is 0.412 e. The van der Waals surface area contributed by atoms with Crippen molar-refractivity contribution in [3.8, 4) is 11.1 Å². The van der Waals surface area contributed by atoms with Gasteiger partial charge in [-0.25, -0.2) is 4.79 Å². The minimum atomic E-state index is -0.946. The van der Waals surface area contributed by atoms with Crippen molar-refractivity contribution in [2.75, 3.05) is 0 Å². The summed E-state index contributed by atoms with van der Waals surface area (Å²) in [5, 5.41) is 9.81. The highest BCUT2D eigenvalue weighted by molar-refractivity contribution is 5.81. The fourth-order valence-corrected chi connectivity index (χ4v) is 4.71. The normalized spacial score (nSPS) is 18.4. The average molecular weight is 367 g/mol. The molecule has 1 unspecified atom stereocenters. The Bertz CT molecular complexity index is 1140. The molecule has 0 aromatic heterocycles. The molecular weight excluding hydrogens is 346 g/mol. The Labute approximate surface area is 164 Å². The summed E-state index contributed by atoms with van der Waals surface area (Å²) < 4.78 is 0. The summed E-state index contributed by atoms with van der Waals surface area (Å²) in [6, 6.07) is 22.6. The standard InChI is InChI=1S/C25H21NO2/c1-25(2)21-10-6-5-9-19(21)20-12-11-17(15-22(20)25)23-18-8-4-3-7-16(18)13-14-26(23)24(27)28/h3-15,23H,1-2H3,(H,27,28). The molecule has 3 aromatic rings. The largest absolute Gasteiger partial charge is 0.465 e. The lowest BCUT2D eigenvalue weighted by Crippen LogP contribution is -2.32. The quantitative estimate of drug-likeness (QED) is 0.569. The molecule has 138 valence electrons. The summed E-state index contributed by atoms with van der Waals surface area (Å²) >= 11 is 0. The van der Waals surface area contributed by atoms with Crippen molar-refractivity contribution in [3.63, 3.8) is 0 Å². The van der Waals surface area contributed by atoms with Gasteiger partial charge in [-0.3, -0.25) is 4.90 Å². The van der Waals surface area contributed by atoms with Gasteiger partial charge in [-0.1, -0.05) is 80.6 Å². The average Bonchev–Trinajstić information content (AvgIpc) is 2.94. The van der Waals surface area contributed by atoms with Gasteiger partial charge in [-0.05, 0) is 45.0 Å². The predicted octanol–water partition coefficient (Wildman–Crippen LogP) is 6.05. The van der Waals surface area contributed by atoms with Gasteiger partial charge in [-0.15, -0.1) is 0 Å². The summed E-state index contributed by atoms with van der Waals surface area (Å²) in [6.45, 7) is 4.48. The minimum absolute atomic E-state index is 0.111. The second-order valence-corrected chi connectivity index (χ2v) is 8.01. The second kappa shape index (κ2) is 5.83. The van der Waals surface area contributed by atoms with E-state index in [-0.39, 0.29) is 11.5 Å². The summed E-state index contributed by atoms with van der Waals surface area (Å²) in [5.41, 5.74) is 8.05. The van der Waals surface area contributed by atoms with E-state index in [1.807, 2.05) is 30.3 Å². The number of amides is 1. The highest BCUT2D eigenvalue weighted by Gasteiger charge is 2.37. The van der Waals surface area contributed by atoms with Crippen molar-refractivity contribution >= 4 is 12.2 Å². The number of benzene rings is 3. The van der Waals surface area contributed by atoms with Crippen LogP contribution < -0.4 is 0 Å². The molecule has 1 amide bonds. The van der Waals surface area contributed by atoms with E-state index in [9.17, 15) is 9.90 Å². The first-order valence-corrected chi connectivity index (χ1v) is 9.51. The van der Waals surface area contributed by atoms with Gasteiger partial charge in [0.2, 0.25) is 0 Å². The zero-order valence-corrected chi connectivity index (χ0v) is 15.9. The lowest BCUT2D eigenvalue weighted by Gasteiger charge is -2.32. The Balaban J connectivity index is 1.70. The van der Waals surface area contributed by atoms with Gasteiger partial charge in [0.05, 0.1) is 6.04 Å². The van der Waals surface area contributed by atoms with E-state index in [4.69, 9.17) is 0 Å². The zero-order chi connectivity index (χ0) is 19.5. The first-order valence-electron chi connectivity index (χ1n) is 9.51. The van der Waals surface area contributed by atoms with Gasteiger partial charge in [0.25, 0.3) is 0 Å². The lowest BCUT2D eigenvalue weighted by atomic mass is 9.81. The van der Waals surface area contributed by atoms with Gasteiger partial charge in [-0.2, -0.15) is 0 Å². The monoisotopic (exact) mass is 367 g/mol. The number of nitrogens with zero attached hydrogens (tertiary/aromatic N) is 1. The molecule has 1 atom stereocenters. The van der Waals surface area contributed by atoms with Gasteiger partial charge in [0.15, 0.2) is 0 Å². The lowest BCUT2D eigenvalue weighted by molar-refractivity contribution is 0.153. The molecule has 1 aliphatic heterocycles. The molecule has 0 saturated carbocycles. The first-order chi connectivity index (χ1) is 13.5. The Kier molecular flexibility index (Phi) is 3.50. The van der Waals surface area contributed by atoms with Crippen LogP contribution in [0.25, 0.3) is 17.2 Å². The number of fused-ring (bicyclic) bond motifs is 4. The highest BCUT2D eigenvalue weighted by Crippen LogP contribution is 2.49. The predicted molar refractivity (Wildman–Crippen MR) is 111 cm³/mol. The van der Waals surface area contributed by atoms with E-state index in [0.717, 1.165) is 16.7 Å². The molecule has 0 spiro atoms. The van der Waals surface area contributed by atoms with Crippen LogP contribution in [0.3, 0.4) is 0 Å². The van der Waals surface area contributed by atoms with Crippen molar-refractivity contribution in [3.05, 3.63) is 101 Å². The Morgan fingerprint density at radius 1 is 0.929 bits per heavy atom. The topological polar surface area (TPSA) is 40.5 Å². The third-order valence-corrected chi connectivity index (χ3v) is 6.13. The van der Waals surface area contributed by atoms with Gasteiger partial charge in [0.1, 0.15) is 0 Å². The van der Waals surface area contributed by atoms with Gasteiger partial charge < -0.3 is 5.11 Å². The molecule has 0 fully saturated rings. The van der Waals surface area contributed by atoms with Crippen LogP contribution in [0.1, 0.15) is 47.7 Å². The molecule has 2 aliphatic rings. The third kappa shape index (κ3) is 2.26. The van der Waals surface area contributed by atoms with Crippen LogP contribution in [0, 0.1) is 0 Å². The van der Waals surface area contributed by atoms with Crippen LogP contribution >= 0.6 is 0 Å². The van der Waals surface area contributed by atoms with Crippen LogP contribution in [-0.4, -0.2) is 16.1 Å². The molecule has 3 aromatic carbocycles. The van der Waals surface area contributed by atoms with Crippen LogP contribution in [0.5, 0.6) is 0 Å². The van der Waals surface area contributed by atoms with Crippen molar-refractivity contribution < 1.29 is 9.90 Å². The van der Waals surface area contributed by atoms with E-state index < -0.39 is 6.09 Å². The van der Waals surface area contributed by atoms with Crippen molar-refractivity contribution in [2.45, 2.75) is 25.3 Å². The molecular formula is C25H21NO2. The fraction of sp³-hybridized carbons (Fsp3) is 0.160. The zero-order valence-electron chi connectivity index (χ0n) is 15.9. The van der Waals surface area contributed by atoms with Crippen LogP contribution in [-0.2, 0) is 5.41 Å². The molecule has 1 N–H and O–H groups in total. The maximum atomic E-state index is 12.0. The molecule has 3 nitrogen and oxygen atoms in total. The molecule has 0 radical (unpaired) electrons. The summed E-state index contributed by atoms with van der Waals surface area (Å²) in [7, 11) is 0. The summed E-state index contributed by atoms with van der Waals surface area (Å²) in [4.78, 5) is 13.4. The maximum absolute atomic E-state index is 12.0. The van der Waals surface area contributed by atoms with Crippen LogP contribution in [0.4, 0.5) is 4.79 Å². The van der Waals surface area contributed by atoms with E-state index in [1.165, 1.54) is 27.2 Å². The molecule has 5 rings (SSSR count). The number of hydrogen-bond donors (Lipinski definition) is 1. The summed E-state index contributed by atoms with van der Waals surface area (Å²) in [5.74, 6) is 0. The number of carboxylic acid groups (broad SMARTS) is 1. The highest BCUT2D eigenvalue weighted by atomic mass is 16.4. The number of rotatable bonds is 1. The van der Waals surface area contributed by atoms with Crippen LogP contribution in [0.2, 0.25) is 0 Å². The molecule has 28 heavy (non-hydrogen) atoms. The van der Waals surface area contributed by atoms with E-state index in [1.54, 1.807) is 6.20 Å². The Hall–Kier alpha value is -3.33. The molecule has 1 heterocycles. The molecule has 0 saturated heterocycles. The third-order valence-electron chi connectivity index (χ3n) is 6.13. The Morgan fingerprint density at radius 3 is 2.46 bits per heavy atom. The van der Waals surface area contributed by atoms with Crippen molar-refractivity contribution in [1.29, 1.82) is 0 Å². The summed E-state index contributed by atoms with van der Waals surface area (Å²) in [6.07, 6.45) is 2.59. The fourth-order valence-electron chi connectivity index (χ4n) is 4.71. The minimum Gasteiger partial charge on any atom is -0.465 e. The van der Waals surface area contributed by atoms with E-state index in [0.29, 0.717) is 0 Å². The number of carbonyl (C=O) groups is 1. The van der Waals surface area contributed by atoms with Crippen LogP contribution in [0.15, 0.2) is 72.9 Å². The van der Waals surface area contributed by atoms with E-state index >= 15 is 0 Å². The first kappa shape index (κ1) is 16.8. The molecule has 3 heteroatoms. The number of hydrogen-bond acceptors (Lipinski definition) is 1. The van der Waals surface area contributed by atoms with Crippen molar-refractivity contribution in [2.24, 2.45) is 0 Å². The maximum Gasteiger partial charge on any atom is 0.412 e. The molecule has 1 aliphatic carbocycles. The molecule has 0 bridgehead atoms. The Morgan fingerprint density at radius 2 is 1.64 bits per heavy atom. The van der Waals surface area contributed by atoms with E-state index in [2.05, 4.69) is 56.3 Å². The second-order valence-electron chi connectivity index (χ2n) is 8.01. The SMILES string of the molecule is CC1(C)c2ccccc2-c2ccc(C3c4ccccc4C=CN3C(=O)O)cc21. The van der Waals surface area contributed by atoms with Gasteiger partial charge in [0, 0.05) is 11.6 Å². The van der Waals surface area contributed by atoms with Gasteiger partial charge >= 0.3 is 6.09 Å².